The number of imidazole rings is 1. The van der Waals surface area contributed by atoms with E-state index in [0.29, 0.717) is 6.54 Å². The molecule has 7 nitrogen and oxygen atoms in total. The highest BCUT2D eigenvalue weighted by Crippen LogP contribution is 2.25. The maximum atomic E-state index is 5.45. The Bertz CT molecular complexity index is 832. The third-order valence-corrected chi connectivity index (χ3v) is 4.73. The number of ether oxygens (including phenoxy) is 1. The zero-order valence-electron chi connectivity index (χ0n) is 14.8. The number of aromatic amines is 1. The van der Waals surface area contributed by atoms with Gasteiger partial charge in [0.2, 0.25) is 0 Å². The summed E-state index contributed by atoms with van der Waals surface area (Å²) in [7, 11) is 0. The van der Waals surface area contributed by atoms with Gasteiger partial charge in [-0.3, -0.25) is 9.88 Å². The Morgan fingerprint density at radius 3 is 2.72 bits per heavy atom. The Balaban J connectivity index is 1.56. The van der Waals surface area contributed by atoms with Crippen LogP contribution in [0.5, 0.6) is 0 Å². The molecular formula is C18H24N6O. The van der Waals surface area contributed by atoms with Gasteiger partial charge in [-0.2, -0.15) is 5.10 Å². The van der Waals surface area contributed by atoms with E-state index in [0.717, 1.165) is 55.4 Å². The van der Waals surface area contributed by atoms with Crippen molar-refractivity contribution in [2.45, 2.75) is 25.8 Å². The first-order valence-corrected chi connectivity index (χ1v) is 8.73. The molecule has 0 radical (unpaired) electrons. The Kier molecular flexibility index (Phi) is 4.27. The molecular weight excluding hydrogens is 316 g/mol. The molecule has 0 bridgehead atoms. The van der Waals surface area contributed by atoms with Gasteiger partial charge in [-0.1, -0.05) is 13.8 Å². The molecule has 0 unspecified atom stereocenters. The molecule has 4 rings (SSSR count). The molecule has 0 saturated carbocycles. The van der Waals surface area contributed by atoms with Crippen LogP contribution in [0.25, 0.3) is 11.2 Å². The molecule has 0 aliphatic carbocycles. The predicted molar refractivity (Wildman–Crippen MR) is 95.5 cm³/mol. The number of morpholine rings is 1. The number of rotatable bonds is 5. The van der Waals surface area contributed by atoms with Crippen molar-refractivity contribution in [1.29, 1.82) is 0 Å². The Morgan fingerprint density at radius 2 is 1.96 bits per heavy atom. The normalized spacial score (nSPS) is 16.6. The van der Waals surface area contributed by atoms with Crippen LogP contribution in [0.1, 0.15) is 25.2 Å². The maximum absolute atomic E-state index is 5.45. The van der Waals surface area contributed by atoms with E-state index in [-0.39, 0.29) is 5.41 Å². The van der Waals surface area contributed by atoms with Crippen LogP contribution in [-0.4, -0.2) is 62.5 Å². The van der Waals surface area contributed by atoms with Crippen molar-refractivity contribution in [2.24, 2.45) is 0 Å². The number of hydrogen-bond acceptors (Lipinski definition) is 5. The molecule has 0 atom stereocenters. The summed E-state index contributed by atoms with van der Waals surface area (Å²) in [5.41, 5.74) is 3.00. The molecule has 1 saturated heterocycles. The summed E-state index contributed by atoms with van der Waals surface area (Å²) in [6.45, 7) is 9.74. The molecule has 3 aromatic rings. The standard InChI is InChI=1S/C18H24N6O/c1-18(2,13-23-7-9-25-10-8-23)17-21-15-11-20-24(16(15)22-17)12-14-3-5-19-6-4-14/h3-6,11H,7-10,12-13H2,1-2H3,(H,21,22). The van der Waals surface area contributed by atoms with Gasteiger partial charge in [-0.25, -0.2) is 9.67 Å². The van der Waals surface area contributed by atoms with E-state index in [1.807, 2.05) is 23.0 Å². The van der Waals surface area contributed by atoms with Gasteiger partial charge in [0.05, 0.1) is 26.0 Å². The summed E-state index contributed by atoms with van der Waals surface area (Å²) in [5, 5.41) is 4.47. The molecule has 1 fully saturated rings. The number of hydrogen-bond donors (Lipinski definition) is 1. The fraction of sp³-hybridized carbons (Fsp3) is 0.500. The Labute approximate surface area is 147 Å². The van der Waals surface area contributed by atoms with Crippen molar-refractivity contribution in [3.63, 3.8) is 0 Å². The fourth-order valence-electron chi connectivity index (χ4n) is 3.34. The van der Waals surface area contributed by atoms with E-state index in [9.17, 15) is 0 Å². The van der Waals surface area contributed by atoms with Gasteiger partial charge < -0.3 is 9.72 Å². The highest BCUT2D eigenvalue weighted by Gasteiger charge is 2.29. The number of H-pyrrole nitrogens is 1. The average molecular weight is 340 g/mol. The summed E-state index contributed by atoms with van der Waals surface area (Å²) in [6, 6.07) is 4.01. The summed E-state index contributed by atoms with van der Waals surface area (Å²) in [5.74, 6) is 1.01. The third-order valence-electron chi connectivity index (χ3n) is 4.73. The number of fused-ring (bicyclic) bond motifs is 1. The second-order valence-corrected chi connectivity index (χ2v) is 7.25. The molecule has 1 aliphatic rings. The lowest BCUT2D eigenvalue weighted by molar-refractivity contribution is 0.0290. The zero-order valence-corrected chi connectivity index (χ0v) is 14.8. The lowest BCUT2D eigenvalue weighted by atomic mass is 9.91. The number of pyridine rings is 1. The van der Waals surface area contributed by atoms with Crippen LogP contribution in [-0.2, 0) is 16.7 Å². The molecule has 1 aliphatic heterocycles. The van der Waals surface area contributed by atoms with E-state index >= 15 is 0 Å². The van der Waals surface area contributed by atoms with Gasteiger partial charge in [-0.15, -0.1) is 0 Å². The van der Waals surface area contributed by atoms with Crippen molar-refractivity contribution < 1.29 is 4.74 Å². The number of nitrogens with zero attached hydrogens (tertiary/aromatic N) is 5. The molecule has 4 heterocycles. The van der Waals surface area contributed by atoms with Crippen LogP contribution in [0.2, 0.25) is 0 Å². The molecule has 25 heavy (non-hydrogen) atoms. The fourth-order valence-corrected chi connectivity index (χ4v) is 3.34. The van der Waals surface area contributed by atoms with Crippen molar-refractivity contribution in [1.82, 2.24) is 29.6 Å². The van der Waals surface area contributed by atoms with Crippen LogP contribution >= 0.6 is 0 Å². The largest absolute Gasteiger partial charge is 0.379 e. The van der Waals surface area contributed by atoms with Gasteiger partial charge in [0.15, 0.2) is 5.65 Å². The first-order chi connectivity index (χ1) is 12.1. The minimum atomic E-state index is -0.0577. The highest BCUT2D eigenvalue weighted by molar-refractivity contribution is 5.70. The monoisotopic (exact) mass is 340 g/mol. The van der Waals surface area contributed by atoms with E-state index in [1.165, 1.54) is 0 Å². The molecule has 0 amide bonds. The molecule has 1 N–H and O–H groups in total. The van der Waals surface area contributed by atoms with Crippen LogP contribution < -0.4 is 0 Å². The van der Waals surface area contributed by atoms with Gasteiger partial charge in [-0.05, 0) is 17.7 Å². The van der Waals surface area contributed by atoms with Gasteiger partial charge in [0, 0.05) is 37.4 Å². The predicted octanol–water partition coefficient (Wildman–Crippen LogP) is 1.81. The minimum Gasteiger partial charge on any atom is -0.379 e. The van der Waals surface area contributed by atoms with Crippen molar-refractivity contribution >= 4 is 11.2 Å². The third kappa shape index (κ3) is 3.43. The van der Waals surface area contributed by atoms with Gasteiger partial charge >= 0.3 is 0 Å². The van der Waals surface area contributed by atoms with Crippen LogP contribution in [0.4, 0.5) is 0 Å². The molecule has 0 spiro atoms. The Morgan fingerprint density at radius 1 is 1.20 bits per heavy atom. The van der Waals surface area contributed by atoms with E-state index < -0.39 is 0 Å². The van der Waals surface area contributed by atoms with E-state index in [1.54, 1.807) is 12.4 Å². The summed E-state index contributed by atoms with van der Waals surface area (Å²) >= 11 is 0. The van der Waals surface area contributed by atoms with Crippen molar-refractivity contribution in [2.75, 3.05) is 32.8 Å². The van der Waals surface area contributed by atoms with Gasteiger partial charge in [0.1, 0.15) is 11.3 Å². The highest BCUT2D eigenvalue weighted by atomic mass is 16.5. The summed E-state index contributed by atoms with van der Waals surface area (Å²) in [6.07, 6.45) is 5.47. The van der Waals surface area contributed by atoms with Crippen LogP contribution in [0.3, 0.4) is 0 Å². The Hall–Kier alpha value is -2.25. The minimum absolute atomic E-state index is 0.0577. The van der Waals surface area contributed by atoms with Crippen LogP contribution in [0.15, 0.2) is 30.7 Å². The lowest BCUT2D eigenvalue weighted by Gasteiger charge is -2.33. The van der Waals surface area contributed by atoms with E-state index in [2.05, 4.69) is 33.8 Å². The van der Waals surface area contributed by atoms with Gasteiger partial charge in [0.25, 0.3) is 0 Å². The summed E-state index contributed by atoms with van der Waals surface area (Å²) in [4.78, 5) is 14.9. The number of nitrogens with one attached hydrogen (secondary N) is 1. The van der Waals surface area contributed by atoms with E-state index in [4.69, 9.17) is 9.72 Å². The SMILES string of the molecule is CC(C)(CN1CCOCC1)c1nc2c(cnn2Cc2ccncc2)[nH]1. The summed E-state index contributed by atoms with van der Waals surface area (Å²) < 4.78 is 7.39. The molecule has 7 heteroatoms. The first-order valence-electron chi connectivity index (χ1n) is 8.73. The lowest BCUT2D eigenvalue weighted by Crippen LogP contribution is -2.43. The zero-order chi connectivity index (χ0) is 17.3. The quantitative estimate of drug-likeness (QED) is 0.767. The second kappa shape index (κ2) is 6.57. The smallest absolute Gasteiger partial charge is 0.176 e. The van der Waals surface area contributed by atoms with Crippen molar-refractivity contribution in [3.8, 4) is 0 Å². The van der Waals surface area contributed by atoms with Crippen molar-refractivity contribution in [3.05, 3.63) is 42.1 Å². The van der Waals surface area contributed by atoms with Crippen LogP contribution in [0, 0.1) is 0 Å². The molecule has 0 aromatic carbocycles. The molecule has 132 valence electrons. The maximum Gasteiger partial charge on any atom is 0.176 e. The molecule has 3 aromatic heterocycles. The topological polar surface area (TPSA) is 71.9 Å². The first kappa shape index (κ1) is 16.2. The number of aromatic nitrogens is 5. The second-order valence-electron chi connectivity index (χ2n) is 7.25. The average Bonchev–Trinajstić information content (AvgIpc) is 3.19.